The molecule has 7 aromatic carbocycles. The van der Waals surface area contributed by atoms with Gasteiger partial charge in [0.05, 0.1) is 5.56 Å². The van der Waals surface area contributed by atoms with Crippen LogP contribution in [0.1, 0.15) is 0 Å². The second-order valence-electron chi connectivity index (χ2n) is 12.4. The first-order chi connectivity index (χ1) is 24.8. The van der Waals surface area contributed by atoms with Gasteiger partial charge in [0.2, 0.25) is 0 Å². The van der Waals surface area contributed by atoms with E-state index in [9.17, 15) is 0 Å². The minimum atomic E-state index is 0.538. The van der Waals surface area contributed by atoms with Gasteiger partial charge in [-0.25, -0.2) is 15.0 Å². The Morgan fingerprint density at radius 3 is 1.76 bits per heavy atom. The van der Waals surface area contributed by atoms with E-state index < -0.39 is 0 Å². The van der Waals surface area contributed by atoms with Gasteiger partial charge in [-0.05, 0) is 58.7 Å². The van der Waals surface area contributed by atoms with Crippen molar-refractivity contribution < 1.29 is 8.83 Å². The molecule has 0 aliphatic rings. The maximum atomic E-state index is 6.48. The van der Waals surface area contributed by atoms with Gasteiger partial charge in [-0.3, -0.25) is 0 Å². The van der Waals surface area contributed by atoms with Crippen molar-refractivity contribution in [3.63, 3.8) is 0 Å². The molecule has 234 valence electrons. The topological polar surface area (TPSA) is 65.0 Å². The van der Waals surface area contributed by atoms with E-state index in [1.54, 1.807) is 0 Å². The van der Waals surface area contributed by atoms with Crippen molar-refractivity contribution in [3.8, 4) is 56.4 Å². The van der Waals surface area contributed by atoms with Gasteiger partial charge in [-0.15, -0.1) is 0 Å². The van der Waals surface area contributed by atoms with Crippen LogP contribution in [-0.4, -0.2) is 15.0 Å². The van der Waals surface area contributed by atoms with Gasteiger partial charge >= 0.3 is 0 Å². The summed E-state index contributed by atoms with van der Waals surface area (Å²) in [6.45, 7) is 0. The van der Waals surface area contributed by atoms with Crippen LogP contribution in [0.5, 0.6) is 0 Å². The molecule has 0 saturated heterocycles. The number of nitrogens with zero attached hydrogens (tertiary/aromatic N) is 3. The predicted octanol–water partition coefficient (Wildman–Crippen LogP) is 12.0. The van der Waals surface area contributed by atoms with Crippen LogP contribution < -0.4 is 0 Å². The third-order valence-corrected chi connectivity index (χ3v) is 9.35. The number of fused-ring (bicyclic) bond motifs is 6. The molecule has 3 heterocycles. The lowest BCUT2D eigenvalue weighted by Crippen LogP contribution is -2.00. The van der Waals surface area contributed by atoms with Gasteiger partial charge < -0.3 is 8.83 Å². The van der Waals surface area contributed by atoms with E-state index in [1.165, 1.54) is 0 Å². The number of aromatic nitrogens is 3. The average Bonchev–Trinajstić information content (AvgIpc) is 3.77. The van der Waals surface area contributed by atoms with Crippen molar-refractivity contribution in [1.29, 1.82) is 0 Å². The van der Waals surface area contributed by atoms with Crippen LogP contribution >= 0.6 is 0 Å². The Morgan fingerprint density at radius 1 is 0.320 bits per heavy atom. The molecule has 0 spiro atoms. The second kappa shape index (κ2) is 11.4. The normalized spacial score (nSPS) is 11.6. The zero-order valence-corrected chi connectivity index (χ0v) is 26.7. The van der Waals surface area contributed by atoms with Crippen molar-refractivity contribution in [3.05, 3.63) is 164 Å². The molecule has 0 unspecified atom stereocenters. The van der Waals surface area contributed by atoms with Crippen LogP contribution in [0.25, 0.3) is 100 Å². The van der Waals surface area contributed by atoms with E-state index in [2.05, 4.69) is 78.9 Å². The zero-order chi connectivity index (χ0) is 33.0. The van der Waals surface area contributed by atoms with Gasteiger partial charge in [0.15, 0.2) is 17.5 Å². The summed E-state index contributed by atoms with van der Waals surface area (Å²) < 4.78 is 12.9. The first-order valence-electron chi connectivity index (χ1n) is 16.6. The molecule has 0 radical (unpaired) electrons. The van der Waals surface area contributed by atoms with Crippen LogP contribution in [-0.2, 0) is 0 Å². The second-order valence-corrected chi connectivity index (χ2v) is 12.4. The largest absolute Gasteiger partial charge is 0.456 e. The highest BCUT2D eigenvalue weighted by Gasteiger charge is 2.19. The van der Waals surface area contributed by atoms with E-state index in [0.29, 0.717) is 17.5 Å². The van der Waals surface area contributed by atoms with E-state index in [1.807, 2.05) is 84.9 Å². The van der Waals surface area contributed by atoms with Gasteiger partial charge in [-0.2, -0.15) is 0 Å². The van der Waals surface area contributed by atoms with E-state index in [4.69, 9.17) is 23.8 Å². The fourth-order valence-electron chi connectivity index (χ4n) is 6.97. The van der Waals surface area contributed by atoms with Gasteiger partial charge in [0, 0.05) is 32.7 Å². The van der Waals surface area contributed by atoms with Crippen molar-refractivity contribution in [2.45, 2.75) is 0 Å². The summed E-state index contributed by atoms with van der Waals surface area (Å²) >= 11 is 0. The number of hydrogen-bond acceptors (Lipinski definition) is 5. The molecule has 50 heavy (non-hydrogen) atoms. The van der Waals surface area contributed by atoms with E-state index in [-0.39, 0.29) is 0 Å². The Morgan fingerprint density at radius 2 is 0.920 bits per heavy atom. The summed E-state index contributed by atoms with van der Waals surface area (Å²) in [6.07, 6.45) is 0. The predicted molar refractivity (Wildman–Crippen MR) is 202 cm³/mol. The van der Waals surface area contributed by atoms with Crippen molar-refractivity contribution in [2.75, 3.05) is 0 Å². The fraction of sp³-hybridized carbons (Fsp3) is 0. The monoisotopic (exact) mass is 641 g/mol. The summed E-state index contributed by atoms with van der Waals surface area (Å²) in [5.41, 5.74) is 10.2. The van der Waals surface area contributed by atoms with E-state index in [0.717, 1.165) is 82.8 Å². The Labute approximate surface area is 287 Å². The smallest absolute Gasteiger partial charge is 0.167 e. The van der Waals surface area contributed by atoms with Crippen LogP contribution in [0.4, 0.5) is 0 Å². The number of benzene rings is 7. The molecule has 5 heteroatoms. The molecule has 0 aliphatic heterocycles. The number of rotatable bonds is 5. The highest BCUT2D eigenvalue weighted by atomic mass is 16.3. The van der Waals surface area contributed by atoms with Crippen molar-refractivity contribution in [1.82, 2.24) is 15.0 Å². The zero-order valence-electron chi connectivity index (χ0n) is 26.7. The summed E-state index contributed by atoms with van der Waals surface area (Å²) in [7, 11) is 0. The molecule has 10 aromatic rings. The molecule has 0 saturated carbocycles. The Balaban J connectivity index is 1.18. The lowest BCUT2D eigenvalue weighted by atomic mass is 9.99. The van der Waals surface area contributed by atoms with Gasteiger partial charge in [-0.1, -0.05) is 127 Å². The Hall–Kier alpha value is -6.85. The Kier molecular flexibility index (Phi) is 6.42. The average molecular weight is 642 g/mol. The van der Waals surface area contributed by atoms with Crippen molar-refractivity contribution >= 4 is 43.9 Å². The van der Waals surface area contributed by atoms with Crippen molar-refractivity contribution in [2.24, 2.45) is 0 Å². The molecule has 0 N–H and O–H groups in total. The molecule has 0 atom stereocenters. The molecule has 0 amide bonds. The van der Waals surface area contributed by atoms with Gasteiger partial charge in [0.1, 0.15) is 22.3 Å². The molecule has 3 aromatic heterocycles. The first kappa shape index (κ1) is 28.2. The summed E-state index contributed by atoms with van der Waals surface area (Å²) in [5, 5.41) is 4.21. The number of furan rings is 2. The molecular formula is C45H27N3O2. The minimum absolute atomic E-state index is 0.538. The highest BCUT2D eigenvalue weighted by molar-refractivity contribution is 6.13. The van der Waals surface area contributed by atoms with E-state index >= 15 is 0 Å². The first-order valence-corrected chi connectivity index (χ1v) is 16.6. The molecule has 10 rings (SSSR count). The Bertz CT molecular complexity index is 2870. The third kappa shape index (κ3) is 4.67. The maximum absolute atomic E-state index is 6.48. The summed E-state index contributed by atoms with van der Waals surface area (Å²) in [4.78, 5) is 15.3. The standard InChI is InChI=1S/C45H27N3O2/c1-3-12-28(13-4-1)30-16-9-17-31(26-30)43-46-44(48-45(47-43)37-21-10-20-35-34-18-7-8-22-38(34)50-42(35)37)32-24-25-36-40(27-32)49-39-23-11-19-33(41(36)39)29-14-5-2-6-15-29/h1-27H. The third-order valence-electron chi connectivity index (χ3n) is 9.35. The lowest BCUT2D eigenvalue weighted by molar-refractivity contribution is 0.668. The SMILES string of the molecule is c1ccc(-c2cccc(-c3nc(-c4ccc5c(c4)oc4cccc(-c6ccccc6)c45)nc(-c4cccc5c4oc4ccccc45)n3)c2)cc1. The van der Waals surface area contributed by atoms with Crippen LogP contribution in [0.2, 0.25) is 0 Å². The van der Waals surface area contributed by atoms with Crippen LogP contribution in [0, 0.1) is 0 Å². The quantitative estimate of drug-likeness (QED) is 0.187. The summed E-state index contributed by atoms with van der Waals surface area (Å²) in [6, 6.07) is 55.7. The lowest BCUT2D eigenvalue weighted by Gasteiger charge is -2.10. The number of hydrogen-bond donors (Lipinski definition) is 0. The van der Waals surface area contributed by atoms with Crippen LogP contribution in [0.15, 0.2) is 173 Å². The van der Waals surface area contributed by atoms with Crippen LogP contribution in [0.3, 0.4) is 0 Å². The number of para-hydroxylation sites is 2. The fourth-order valence-corrected chi connectivity index (χ4v) is 6.97. The van der Waals surface area contributed by atoms with Gasteiger partial charge in [0.25, 0.3) is 0 Å². The highest BCUT2D eigenvalue weighted by Crippen LogP contribution is 2.39. The minimum Gasteiger partial charge on any atom is -0.456 e. The molecule has 0 bridgehead atoms. The molecular weight excluding hydrogens is 615 g/mol. The molecule has 5 nitrogen and oxygen atoms in total. The summed E-state index contributed by atoms with van der Waals surface area (Å²) in [5.74, 6) is 1.66. The maximum Gasteiger partial charge on any atom is 0.167 e. The molecule has 0 fully saturated rings. The molecule has 0 aliphatic carbocycles.